The number of guanidine groups is 1. The van der Waals surface area contributed by atoms with Gasteiger partial charge in [-0.25, -0.2) is 0 Å². The number of hydrogen-bond donors (Lipinski definition) is 2. The van der Waals surface area contributed by atoms with Gasteiger partial charge in [0, 0.05) is 52.4 Å². The molecule has 2 fully saturated rings. The van der Waals surface area contributed by atoms with Crippen molar-refractivity contribution in [3.63, 3.8) is 0 Å². The third-order valence-electron chi connectivity index (χ3n) is 5.08. The summed E-state index contributed by atoms with van der Waals surface area (Å²) in [6.45, 7) is 20.6. The molecule has 0 aromatic heterocycles. The number of ether oxygens (including phenoxy) is 2. The van der Waals surface area contributed by atoms with Crippen LogP contribution < -0.4 is 10.6 Å². The zero-order valence-corrected chi connectivity index (χ0v) is 21.5. The van der Waals surface area contributed by atoms with E-state index in [2.05, 4.69) is 55.1 Å². The predicted octanol–water partition coefficient (Wildman–Crippen LogP) is 2.02. The number of nitrogens with zero attached hydrogens (tertiary/aromatic N) is 3. The van der Waals surface area contributed by atoms with Gasteiger partial charge in [0.15, 0.2) is 5.96 Å². The minimum Gasteiger partial charge on any atom is -0.374 e. The fraction of sp³-hybridized carbons (Fsp3) is 0.952. The Kier molecular flexibility index (Phi) is 13.7. The first-order chi connectivity index (χ1) is 13.5. The largest absolute Gasteiger partial charge is 0.374 e. The topological polar surface area (TPSA) is 61.4 Å². The van der Waals surface area contributed by atoms with Crippen LogP contribution in [0.5, 0.6) is 0 Å². The lowest BCUT2D eigenvalue weighted by atomic mass is 10.2. The van der Waals surface area contributed by atoms with E-state index >= 15 is 0 Å². The lowest BCUT2D eigenvalue weighted by Crippen LogP contribution is -2.47. The van der Waals surface area contributed by atoms with Gasteiger partial charge in [-0.3, -0.25) is 14.8 Å². The van der Waals surface area contributed by atoms with Gasteiger partial charge >= 0.3 is 0 Å². The van der Waals surface area contributed by atoms with Crippen molar-refractivity contribution in [2.75, 3.05) is 65.5 Å². The maximum absolute atomic E-state index is 5.92. The summed E-state index contributed by atoms with van der Waals surface area (Å²) in [5.74, 6) is 1.59. The molecule has 0 spiro atoms. The van der Waals surface area contributed by atoms with Crippen LogP contribution in [0.1, 0.15) is 41.0 Å². The van der Waals surface area contributed by atoms with Crippen molar-refractivity contribution in [2.24, 2.45) is 10.9 Å². The molecule has 0 aromatic carbocycles. The molecular formula is C21H44IN5O2. The van der Waals surface area contributed by atoms with E-state index in [1.165, 1.54) is 0 Å². The fourth-order valence-corrected chi connectivity index (χ4v) is 4.08. The fourth-order valence-electron chi connectivity index (χ4n) is 4.08. The van der Waals surface area contributed by atoms with E-state index in [0.29, 0.717) is 24.7 Å². The summed E-state index contributed by atoms with van der Waals surface area (Å²) in [4.78, 5) is 9.77. The van der Waals surface area contributed by atoms with Gasteiger partial charge in [-0.15, -0.1) is 24.0 Å². The first-order valence-electron chi connectivity index (χ1n) is 11.2. The molecule has 0 aliphatic carbocycles. The molecule has 0 saturated carbocycles. The minimum absolute atomic E-state index is 0. The highest BCUT2D eigenvalue weighted by molar-refractivity contribution is 14.0. The average Bonchev–Trinajstić information content (AvgIpc) is 2.62. The van der Waals surface area contributed by atoms with Crippen molar-refractivity contribution < 1.29 is 9.47 Å². The monoisotopic (exact) mass is 525 g/mol. The van der Waals surface area contributed by atoms with Gasteiger partial charge < -0.3 is 20.1 Å². The van der Waals surface area contributed by atoms with Gasteiger partial charge in [-0.2, -0.15) is 0 Å². The highest BCUT2D eigenvalue weighted by Gasteiger charge is 2.22. The van der Waals surface area contributed by atoms with Crippen LogP contribution in [0.4, 0.5) is 0 Å². The molecular weight excluding hydrogens is 481 g/mol. The second kappa shape index (κ2) is 14.8. The van der Waals surface area contributed by atoms with Gasteiger partial charge in [0.05, 0.1) is 31.5 Å². The van der Waals surface area contributed by atoms with E-state index in [-0.39, 0.29) is 30.1 Å². The van der Waals surface area contributed by atoms with Gasteiger partial charge in [-0.05, 0) is 33.1 Å². The van der Waals surface area contributed by atoms with Crippen molar-refractivity contribution in [1.29, 1.82) is 0 Å². The number of hydrogen-bond acceptors (Lipinski definition) is 5. The van der Waals surface area contributed by atoms with Gasteiger partial charge in [-0.1, -0.05) is 13.8 Å². The third-order valence-corrected chi connectivity index (χ3v) is 5.08. The van der Waals surface area contributed by atoms with E-state index in [1.54, 1.807) is 0 Å². The number of nitrogens with one attached hydrogen (secondary N) is 2. The van der Waals surface area contributed by atoms with Crippen LogP contribution in [0.2, 0.25) is 0 Å². The highest BCUT2D eigenvalue weighted by atomic mass is 127. The molecule has 29 heavy (non-hydrogen) atoms. The number of morpholine rings is 2. The predicted molar refractivity (Wildman–Crippen MR) is 131 cm³/mol. The van der Waals surface area contributed by atoms with E-state index in [9.17, 15) is 0 Å². The second-order valence-electron chi connectivity index (χ2n) is 8.66. The smallest absolute Gasteiger partial charge is 0.191 e. The van der Waals surface area contributed by atoms with Gasteiger partial charge in [0.25, 0.3) is 0 Å². The lowest BCUT2D eigenvalue weighted by Gasteiger charge is -2.35. The molecule has 2 aliphatic rings. The van der Waals surface area contributed by atoms with Crippen LogP contribution in [0.15, 0.2) is 4.99 Å². The highest BCUT2D eigenvalue weighted by Crippen LogP contribution is 2.10. The Hall–Kier alpha value is -0.160. The molecule has 2 N–H and O–H groups in total. The summed E-state index contributed by atoms with van der Waals surface area (Å²) in [6, 6.07) is 0. The van der Waals surface area contributed by atoms with Crippen molar-refractivity contribution in [1.82, 2.24) is 20.4 Å². The maximum Gasteiger partial charge on any atom is 0.191 e. The summed E-state index contributed by atoms with van der Waals surface area (Å²) >= 11 is 0. The first kappa shape index (κ1) is 26.9. The molecule has 172 valence electrons. The Morgan fingerprint density at radius 1 is 1.10 bits per heavy atom. The summed E-state index contributed by atoms with van der Waals surface area (Å²) in [5.41, 5.74) is 0. The van der Waals surface area contributed by atoms with Gasteiger partial charge in [0.2, 0.25) is 0 Å². The molecule has 2 saturated heterocycles. The number of aliphatic imine (C=N–C) groups is 1. The number of halogens is 1. The Balaban J connectivity index is 0.00000420. The summed E-state index contributed by atoms with van der Waals surface area (Å²) in [7, 11) is 0. The van der Waals surface area contributed by atoms with Crippen molar-refractivity contribution >= 4 is 29.9 Å². The third kappa shape index (κ3) is 11.1. The molecule has 0 aromatic rings. The molecule has 2 rings (SSSR count). The Labute approximate surface area is 195 Å². The van der Waals surface area contributed by atoms with E-state index in [0.717, 1.165) is 71.3 Å². The molecule has 3 atom stereocenters. The van der Waals surface area contributed by atoms with Crippen LogP contribution in [0, 0.1) is 5.92 Å². The minimum atomic E-state index is 0. The summed E-state index contributed by atoms with van der Waals surface area (Å²) in [6.07, 6.45) is 1.97. The average molecular weight is 526 g/mol. The Bertz CT molecular complexity index is 456. The molecule has 3 unspecified atom stereocenters. The molecule has 0 amide bonds. The van der Waals surface area contributed by atoms with E-state index in [1.807, 2.05) is 0 Å². The number of rotatable bonds is 9. The zero-order chi connectivity index (χ0) is 20.4. The molecule has 0 radical (unpaired) electrons. The van der Waals surface area contributed by atoms with Crippen molar-refractivity contribution in [3.8, 4) is 0 Å². The lowest BCUT2D eigenvalue weighted by molar-refractivity contribution is -0.0679. The van der Waals surface area contributed by atoms with Crippen LogP contribution in [-0.2, 0) is 9.47 Å². The van der Waals surface area contributed by atoms with Crippen molar-refractivity contribution in [2.45, 2.75) is 59.4 Å². The molecule has 0 bridgehead atoms. The zero-order valence-electron chi connectivity index (χ0n) is 19.2. The van der Waals surface area contributed by atoms with E-state index < -0.39 is 0 Å². The van der Waals surface area contributed by atoms with Crippen LogP contribution >= 0.6 is 24.0 Å². The van der Waals surface area contributed by atoms with Gasteiger partial charge in [0.1, 0.15) is 0 Å². The molecule has 2 aliphatic heterocycles. The van der Waals surface area contributed by atoms with Crippen LogP contribution in [0.25, 0.3) is 0 Å². The second-order valence-corrected chi connectivity index (χ2v) is 8.66. The quantitative estimate of drug-likeness (QED) is 0.208. The van der Waals surface area contributed by atoms with Crippen molar-refractivity contribution in [3.05, 3.63) is 0 Å². The molecule has 2 heterocycles. The maximum atomic E-state index is 5.92. The molecule has 7 nitrogen and oxygen atoms in total. The Morgan fingerprint density at radius 2 is 1.83 bits per heavy atom. The first-order valence-corrected chi connectivity index (χ1v) is 11.2. The summed E-state index contributed by atoms with van der Waals surface area (Å²) < 4.78 is 11.7. The summed E-state index contributed by atoms with van der Waals surface area (Å²) in [5, 5.41) is 6.83. The van der Waals surface area contributed by atoms with Crippen LogP contribution in [-0.4, -0.2) is 99.6 Å². The van der Waals surface area contributed by atoms with Crippen LogP contribution in [0.3, 0.4) is 0 Å². The molecule has 8 heteroatoms. The Morgan fingerprint density at radius 3 is 2.48 bits per heavy atom. The SMILES string of the molecule is CCNC(=NCC1CN(CC(C)C)CCO1)NCCCN1CC(C)OC(C)C1.I. The van der Waals surface area contributed by atoms with E-state index in [4.69, 9.17) is 14.5 Å². The normalized spacial score (nSPS) is 27.0. The standard InChI is InChI=1S/C21H43N5O2.HI/c1-6-22-21(23-8-7-9-25-14-18(4)28-19(5)15-25)24-12-20-16-26(10-11-27-20)13-17(2)3;/h17-20H,6-16H2,1-5H3,(H2,22,23,24);1H.